The Labute approximate surface area is 160 Å². The molecule has 2 bridgehead atoms. The normalized spacial score (nSPS) is 23.7. The number of hydrogen-bond donors (Lipinski definition) is 1. The highest BCUT2D eigenvalue weighted by molar-refractivity contribution is 7.80. The second kappa shape index (κ2) is 6.47. The summed E-state index contributed by atoms with van der Waals surface area (Å²) in [5, 5.41) is 4.21. The number of fused-ring (bicyclic) bond motifs is 4. The smallest absolute Gasteiger partial charge is 0.188 e. The van der Waals surface area contributed by atoms with Crippen LogP contribution in [0.1, 0.15) is 44.4 Å². The van der Waals surface area contributed by atoms with E-state index in [0.717, 1.165) is 30.0 Å². The number of nitrogens with one attached hydrogen (secondary N) is 1. The van der Waals surface area contributed by atoms with Gasteiger partial charge in [0, 0.05) is 17.7 Å². The fourth-order valence-electron chi connectivity index (χ4n) is 3.89. The average molecular weight is 369 g/mol. The zero-order valence-corrected chi connectivity index (χ0v) is 16.2. The van der Waals surface area contributed by atoms with Gasteiger partial charge in [0.2, 0.25) is 0 Å². The second-order valence-corrected chi connectivity index (χ2v) is 7.36. The Morgan fingerprint density at radius 3 is 2.69 bits per heavy atom. The summed E-state index contributed by atoms with van der Waals surface area (Å²) >= 11 is 5.71. The minimum atomic E-state index is -0.513. The van der Waals surface area contributed by atoms with E-state index in [4.69, 9.17) is 21.7 Å². The predicted molar refractivity (Wildman–Crippen MR) is 108 cm³/mol. The van der Waals surface area contributed by atoms with Crippen molar-refractivity contribution in [2.75, 3.05) is 11.5 Å². The number of rotatable bonds is 4. The molecule has 0 aromatic heterocycles. The van der Waals surface area contributed by atoms with Gasteiger partial charge in [-0.1, -0.05) is 19.1 Å². The maximum atomic E-state index is 6.47. The number of hydrogen-bond acceptors (Lipinski definition) is 3. The Bertz CT molecular complexity index is 836. The number of anilines is 1. The lowest BCUT2D eigenvalue weighted by atomic mass is 9.89. The number of thiocarbonyl (C=S) groups is 1. The molecule has 0 radical (unpaired) electrons. The fraction of sp³-hybridized carbons (Fsp3) is 0.381. The molecule has 0 amide bonds. The lowest BCUT2D eigenvalue weighted by Gasteiger charge is -2.52. The van der Waals surface area contributed by atoms with Gasteiger partial charge in [-0.05, 0) is 68.4 Å². The molecule has 0 spiro atoms. The van der Waals surface area contributed by atoms with Crippen LogP contribution in [0, 0.1) is 0 Å². The summed E-state index contributed by atoms with van der Waals surface area (Å²) in [6, 6.07) is 14.7. The van der Waals surface area contributed by atoms with Gasteiger partial charge in [0.05, 0.1) is 12.6 Å². The van der Waals surface area contributed by atoms with Crippen molar-refractivity contribution >= 4 is 23.0 Å². The second-order valence-electron chi connectivity index (χ2n) is 6.97. The summed E-state index contributed by atoms with van der Waals surface area (Å²) < 4.78 is 12.0. The minimum Gasteiger partial charge on any atom is -0.494 e. The third-order valence-electron chi connectivity index (χ3n) is 5.15. The van der Waals surface area contributed by atoms with Crippen LogP contribution in [-0.2, 0) is 6.42 Å². The van der Waals surface area contributed by atoms with Crippen molar-refractivity contribution in [3.8, 4) is 11.5 Å². The van der Waals surface area contributed by atoms with Gasteiger partial charge in [-0.25, -0.2) is 0 Å². The molecule has 136 valence electrons. The first-order valence-corrected chi connectivity index (χ1v) is 9.60. The van der Waals surface area contributed by atoms with E-state index < -0.39 is 5.72 Å². The van der Waals surface area contributed by atoms with E-state index in [2.05, 4.69) is 42.3 Å². The van der Waals surface area contributed by atoms with E-state index in [9.17, 15) is 0 Å². The van der Waals surface area contributed by atoms with Crippen LogP contribution in [0.3, 0.4) is 0 Å². The summed E-state index contributed by atoms with van der Waals surface area (Å²) in [4.78, 5) is 2.07. The number of aryl methyl sites for hydroxylation is 1. The van der Waals surface area contributed by atoms with Gasteiger partial charge in [-0.15, -0.1) is 0 Å². The zero-order chi connectivity index (χ0) is 18.3. The van der Waals surface area contributed by atoms with E-state index in [-0.39, 0.29) is 6.04 Å². The molecule has 2 aliphatic rings. The monoisotopic (exact) mass is 368 g/mol. The molecule has 1 saturated heterocycles. The number of benzene rings is 2. The number of ether oxygens (including phenoxy) is 2. The molecule has 1 fully saturated rings. The topological polar surface area (TPSA) is 33.7 Å². The molecule has 0 aliphatic carbocycles. The van der Waals surface area contributed by atoms with Crippen LogP contribution in [0.2, 0.25) is 0 Å². The van der Waals surface area contributed by atoms with Crippen molar-refractivity contribution in [2.24, 2.45) is 0 Å². The highest BCUT2D eigenvalue weighted by atomic mass is 32.1. The van der Waals surface area contributed by atoms with Crippen LogP contribution in [0.25, 0.3) is 0 Å². The molecule has 4 nitrogen and oxygen atoms in total. The van der Waals surface area contributed by atoms with Gasteiger partial charge < -0.3 is 14.8 Å². The van der Waals surface area contributed by atoms with E-state index in [0.29, 0.717) is 11.7 Å². The summed E-state index contributed by atoms with van der Waals surface area (Å²) in [6.07, 6.45) is 1.85. The Morgan fingerprint density at radius 2 is 2.00 bits per heavy atom. The van der Waals surface area contributed by atoms with Gasteiger partial charge in [0.1, 0.15) is 11.5 Å². The van der Waals surface area contributed by atoms with Crippen molar-refractivity contribution in [3.05, 3.63) is 53.6 Å². The summed E-state index contributed by atoms with van der Waals surface area (Å²) in [5.74, 6) is 1.80. The summed E-state index contributed by atoms with van der Waals surface area (Å²) in [7, 11) is 0. The van der Waals surface area contributed by atoms with E-state index >= 15 is 0 Å². The van der Waals surface area contributed by atoms with Crippen LogP contribution in [0.5, 0.6) is 11.5 Å². The highest BCUT2D eigenvalue weighted by Gasteiger charge is 2.48. The maximum absolute atomic E-state index is 6.47. The van der Waals surface area contributed by atoms with Crippen LogP contribution < -0.4 is 19.7 Å². The predicted octanol–water partition coefficient (Wildman–Crippen LogP) is 4.58. The lowest BCUT2D eigenvalue weighted by Crippen LogP contribution is -2.65. The van der Waals surface area contributed by atoms with Crippen LogP contribution in [0.15, 0.2) is 42.5 Å². The standard InChI is InChI=1S/C21H24N2O2S/c1-4-14-6-11-19-17(12-14)18-13-21(3,25-19)23(20(26)22-18)15-7-9-16(10-8-15)24-5-2/h6-12,18H,4-5,13H2,1-3H3,(H,22,26)/t18-,21+/m0/s1. The van der Waals surface area contributed by atoms with Crippen LogP contribution in [0.4, 0.5) is 5.69 Å². The van der Waals surface area contributed by atoms with E-state index in [1.54, 1.807) is 0 Å². The summed E-state index contributed by atoms with van der Waals surface area (Å²) in [6.45, 7) is 6.92. The Kier molecular flexibility index (Phi) is 4.27. The van der Waals surface area contributed by atoms with E-state index in [1.165, 1.54) is 11.1 Å². The van der Waals surface area contributed by atoms with Crippen molar-refractivity contribution in [1.82, 2.24) is 5.32 Å². The minimum absolute atomic E-state index is 0.182. The first-order chi connectivity index (χ1) is 12.5. The van der Waals surface area contributed by atoms with Gasteiger partial charge in [-0.2, -0.15) is 0 Å². The fourth-order valence-corrected chi connectivity index (χ4v) is 4.33. The molecular formula is C21H24N2O2S. The van der Waals surface area contributed by atoms with Gasteiger partial charge in [0.15, 0.2) is 10.8 Å². The van der Waals surface area contributed by atoms with Crippen molar-refractivity contribution in [2.45, 2.75) is 45.4 Å². The molecule has 0 saturated carbocycles. The first-order valence-electron chi connectivity index (χ1n) is 9.19. The Morgan fingerprint density at radius 1 is 1.23 bits per heavy atom. The SMILES string of the molecule is CCOc1ccc(N2C(=S)N[C@H]3C[C@@]2(C)Oc2ccc(CC)cc23)cc1. The molecular weight excluding hydrogens is 344 g/mol. The first kappa shape index (κ1) is 17.2. The molecule has 4 rings (SSSR count). The molecule has 26 heavy (non-hydrogen) atoms. The average Bonchev–Trinajstić information content (AvgIpc) is 2.62. The third kappa shape index (κ3) is 2.80. The van der Waals surface area contributed by atoms with Crippen LogP contribution in [-0.4, -0.2) is 17.4 Å². The van der Waals surface area contributed by atoms with Crippen molar-refractivity contribution in [1.29, 1.82) is 0 Å². The molecule has 2 aromatic carbocycles. The van der Waals surface area contributed by atoms with Gasteiger partial charge in [0.25, 0.3) is 0 Å². The lowest BCUT2D eigenvalue weighted by molar-refractivity contribution is 0.0497. The quantitative estimate of drug-likeness (QED) is 0.799. The van der Waals surface area contributed by atoms with Crippen molar-refractivity contribution < 1.29 is 9.47 Å². The van der Waals surface area contributed by atoms with Crippen molar-refractivity contribution in [3.63, 3.8) is 0 Å². The number of nitrogens with zero attached hydrogens (tertiary/aromatic N) is 1. The molecule has 2 aliphatic heterocycles. The maximum Gasteiger partial charge on any atom is 0.188 e. The summed E-state index contributed by atoms with van der Waals surface area (Å²) in [5.41, 5.74) is 3.01. The Balaban J connectivity index is 1.70. The molecule has 2 aromatic rings. The molecule has 2 heterocycles. The Hall–Kier alpha value is -2.27. The third-order valence-corrected chi connectivity index (χ3v) is 5.45. The van der Waals surface area contributed by atoms with Gasteiger partial charge >= 0.3 is 0 Å². The molecule has 2 atom stereocenters. The van der Waals surface area contributed by atoms with E-state index in [1.807, 2.05) is 31.2 Å². The molecule has 5 heteroatoms. The van der Waals surface area contributed by atoms with Crippen LogP contribution >= 0.6 is 12.2 Å². The molecule has 0 unspecified atom stereocenters. The highest BCUT2D eigenvalue weighted by Crippen LogP contribution is 2.46. The molecule has 1 N–H and O–H groups in total. The zero-order valence-electron chi connectivity index (χ0n) is 15.4. The van der Waals surface area contributed by atoms with Gasteiger partial charge in [-0.3, -0.25) is 4.90 Å². The largest absolute Gasteiger partial charge is 0.494 e.